The Kier molecular flexibility index (Phi) is 11.3. The fraction of sp³-hybridized carbons (Fsp3) is 0.680. The van der Waals surface area contributed by atoms with Gasteiger partial charge in [-0.15, -0.1) is 0 Å². The van der Waals surface area contributed by atoms with Gasteiger partial charge in [-0.1, -0.05) is 52.2 Å². The average molecular weight is 478 g/mol. The van der Waals surface area contributed by atoms with Crippen molar-refractivity contribution in [3.63, 3.8) is 0 Å². The molecule has 0 bridgehead atoms. The van der Waals surface area contributed by atoms with Gasteiger partial charge in [0.1, 0.15) is 6.10 Å². The van der Waals surface area contributed by atoms with Gasteiger partial charge in [-0.3, -0.25) is 9.59 Å². The van der Waals surface area contributed by atoms with Crippen LogP contribution >= 0.6 is 0 Å². The van der Waals surface area contributed by atoms with Gasteiger partial charge in [0.15, 0.2) is 0 Å². The SMILES string of the molecule is CCCCCCn1cncc1[C@@H](O)[C@H](CC=CCCC(=O)O)C(=O)N1C(=O)OCC[C@H]1C(C)C. The number of imidazole rings is 1. The highest BCUT2D eigenvalue weighted by molar-refractivity contribution is 5.94. The van der Waals surface area contributed by atoms with Gasteiger partial charge < -0.3 is 19.5 Å². The van der Waals surface area contributed by atoms with Gasteiger partial charge in [0.2, 0.25) is 5.91 Å². The first-order valence-corrected chi connectivity index (χ1v) is 12.3. The highest BCUT2D eigenvalue weighted by atomic mass is 16.6. The summed E-state index contributed by atoms with van der Waals surface area (Å²) in [5.41, 5.74) is 0.528. The van der Waals surface area contributed by atoms with Gasteiger partial charge in [-0.25, -0.2) is 14.7 Å². The maximum atomic E-state index is 13.7. The molecule has 2 amide bonds. The number of hydrogen-bond donors (Lipinski definition) is 2. The lowest BCUT2D eigenvalue weighted by atomic mass is 9.91. The molecule has 0 aliphatic carbocycles. The molecule has 2 rings (SSSR count). The number of amides is 2. The van der Waals surface area contributed by atoms with Crippen molar-refractivity contribution in [2.24, 2.45) is 11.8 Å². The molecule has 1 saturated heterocycles. The van der Waals surface area contributed by atoms with E-state index in [1.54, 1.807) is 24.7 Å². The third-order valence-electron chi connectivity index (χ3n) is 6.25. The van der Waals surface area contributed by atoms with Crippen molar-refractivity contribution >= 4 is 18.0 Å². The summed E-state index contributed by atoms with van der Waals surface area (Å²) in [6.45, 7) is 6.99. The van der Waals surface area contributed by atoms with Gasteiger partial charge in [0.05, 0.1) is 30.7 Å². The minimum Gasteiger partial charge on any atom is -0.481 e. The summed E-state index contributed by atoms with van der Waals surface area (Å²) in [6, 6.07) is -0.307. The molecule has 0 spiro atoms. The molecule has 0 aromatic carbocycles. The Balaban J connectivity index is 2.26. The Morgan fingerprint density at radius 1 is 1.26 bits per heavy atom. The zero-order chi connectivity index (χ0) is 25.1. The van der Waals surface area contributed by atoms with Crippen LogP contribution in [0.3, 0.4) is 0 Å². The smallest absolute Gasteiger partial charge is 0.416 e. The zero-order valence-corrected chi connectivity index (χ0v) is 20.6. The Morgan fingerprint density at radius 3 is 2.71 bits per heavy atom. The van der Waals surface area contributed by atoms with Crippen LogP contribution in [0.15, 0.2) is 24.7 Å². The molecule has 1 aliphatic heterocycles. The molecule has 0 unspecified atom stereocenters. The normalized spacial score (nSPS) is 18.3. The number of carboxylic acid groups (broad SMARTS) is 1. The number of aliphatic hydroxyl groups excluding tert-OH is 1. The van der Waals surface area contributed by atoms with Crippen LogP contribution in [0.1, 0.15) is 83.9 Å². The lowest BCUT2D eigenvalue weighted by Gasteiger charge is -2.38. The first-order valence-electron chi connectivity index (χ1n) is 12.3. The Morgan fingerprint density at radius 2 is 2.03 bits per heavy atom. The van der Waals surface area contributed by atoms with Gasteiger partial charge in [-0.2, -0.15) is 0 Å². The van der Waals surface area contributed by atoms with E-state index >= 15 is 0 Å². The Bertz CT molecular complexity index is 834. The third-order valence-corrected chi connectivity index (χ3v) is 6.25. The maximum Gasteiger partial charge on any atom is 0.416 e. The number of nitrogens with zero attached hydrogens (tertiary/aromatic N) is 3. The number of aromatic nitrogens is 2. The Hall–Kier alpha value is -2.68. The van der Waals surface area contributed by atoms with E-state index in [1.807, 2.05) is 18.4 Å². The number of hydrogen-bond acceptors (Lipinski definition) is 6. The van der Waals surface area contributed by atoms with Crippen molar-refractivity contribution in [2.75, 3.05) is 6.61 Å². The van der Waals surface area contributed by atoms with Crippen LogP contribution in [0.25, 0.3) is 0 Å². The van der Waals surface area contributed by atoms with Crippen molar-refractivity contribution in [1.82, 2.24) is 14.5 Å². The summed E-state index contributed by atoms with van der Waals surface area (Å²) in [5.74, 6) is -2.28. The van der Waals surface area contributed by atoms with Crippen molar-refractivity contribution in [1.29, 1.82) is 0 Å². The average Bonchev–Trinajstić information content (AvgIpc) is 3.26. The zero-order valence-electron chi connectivity index (χ0n) is 20.6. The number of carbonyl (C=O) groups excluding carboxylic acids is 2. The second-order valence-electron chi connectivity index (χ2n) is 9.19. The number of unbranched alkanes of at least 4 members (excludes halogenated alkanes) is 3. The summed E-state index contributed by atoms with van der Waals surface area (Å²) in [6.07, 6.45) is 10.0. The topological polar surface area (TPSA) is 122 Å². The molecule has 0 radical (unpaired) electrons. The number of ether oxygens (including phenoxy) is 1. The van der Waals surface area contributed by atoms with E-state index in [1.165, 1.54) is 0 Å². The predicted octanol–water partition coefficient (Wildman–Crippen LogP) is 4.32. The van der Waals surface area contributed by atoms with E-state index < -0.39 is 30.0 Å². The molecule has 1 fully saturated rings. The molecule has 0 saturated carbocycles. The molecule has 1 aromatic heterocycles. The van der Waals surface area contributed by atoms with E-state index in [4.69, 9.17) is 9.84 Å². The molecular weight excluding hydrogens is 438 g/mol. The highest BCUT2D eigenvalue weighted by Gasteiger charge is 2.42. The molecule has 9 nitrogen and oxygen atoms in total. The van der Waals surface area contributed by atoms with E-state index in [-0.39, 0.29) is 31.4 Å². The van der Waals surface area contributed by atoms with Crippen LogP contribution in [0, 0.1) is 11.8 Å². The molecule has 190 valence electrons. The number of cyclic esters (lactones) is 1. The molecule has 2 N–H and O–H groups in total. The standard InChI is InChI=1S/C25H39N3O6/c1-4-5-6-10-14-27-17-26-16-21(27)23(31)19(11-8-7-9-12-22(29)30)24(32)28-20(18(2)3)13-15-34-25(28)33/h7-8,16-20,23,31H,4-6,9-15H2,1-3H3,(H,29,30)/t19-,20-,23-/m0/s1. The molecule has 3 atom stereocenters. The van der Waals surface area contributed by atoms with E-state index in [0.29, 0.717) is 25.1 Å². The van der Waals surface area contributed by atoms with E-state index in [2.05, 4.69) is 11.9 Å². The molecular formula is C25H39N3O6. The van der Waals surface area contributed by atoms with Crippen molar-refractivity contribution in [3.05, 3.63) is 30.4 Å². The Labute approximate surface area is 201 Å². The summed E-state index contributed by atoms with van der Waals surface area (Å²) < 4.78 is 7.03. The number of carbonyl (C=O) groups is 3. The van der Waals surface area contributed by atoms with Gasteiger partial charge >= 0.3 is 12.1 Å². The highest BCUT2D eigenvalue weighted by Crippen LogP contribution is 2.31. The number of aliphatic carboxylic acids is 1. The summed E-state index contributed by atoms with van der Waals surface area (Å²) >= 11 is 0. The van der Waals surface area contributed by atoms with Gasteiger partial charge in [-0.05, 0) is 25.2 Å². The number of aryl methyl sites for hydroxylation is 1. The lowest BCUT2D eigenvalue weighted by molar-refractivity contribution is -0.143. The van der Waals surface area contributed by atoms with E-state index in [9.17, 15) is 19.5 Å². The van der Waals surface area contributed by atoms with Crippen LogP contribution in [-0.2, 0) is 20.9 Å². The lowest BCUT2D eigenvalue weighted by Crippen LogP contribution is -2.54. The first kappa shape index (κ1) is 27.6. The molecule has 1 aliphatic rings. The van der Waals surface area contributed by atoms with Crippen molar-refractivity contribution < 1.29 is 29.3 Å². The van der Waals surface area contributed by atoms with Crippen LogP contribution in [0.2, 0.25) is 0 Å². The monoisotopic (exact) mass is 477 g/mol. The molecule has 9 heteroatoms. The number of aliphatic hydroxyl groups is 1. The summed E-state index contributed by atoms with van der Waals surface area (Å²) in [7, 11) is 0. The van der Waals surface area contributed by atoms with Crippen LogP contribution in [0.5, 0.6) is 0 Å². The fourth-order valence-electron chi connectivity index (χ4n) is 4.28. The van der Waals surface area contributed by atoms with Crippen LogP contribution in [0.4, 0.5) is 4.79 Å². The summed E-state index contributed by atoms with van der Waals surface area (Å²) in [5, 5.41) is 20.2. The minimum absolute atomic E-state index is 0.0178. The van der Waals surface area contributed by atoms with Gasteiger partial charge in [0, 0.05) is 25.4 Å². The summed E-state index contributed by atoms with van der Waals surface area (Å²) in [4.78, 5) is 42.4. The van der Waals surface area contributed by atoms with Crippen LogP contribution in [-0.4, -0.2) is 55.3 Å². The predicted molar refractivity (Wildman–Crippen MR) is 127 cm³/mol. The molecule has 1 aromatic rings. The first-order chi connectivity index (χ1) is 16.3. The second kappa shape index (κ2) is 13.9. The quantitative estimate of drug-likeness (QED) is 0.302. The van der Waals surface area contributed by atoms with Crippen molar-refractivity contribution in [2.45, 2.75) is 90.8 Å². The number of carboxylic acids is 1. The molecule has 34 heavy (non-hydrogen) atoms. The fourth-order valence-corrected chi connectivity index (χ4v) is 4.28. The number of rotatable bonds is 14. The van der Waals surface area contributed by atoms with Crippen molar-refractivity contribution in [3.8, 4) is 0 Å². The second-order valence-corrected chi connectivity index (χ2v) is 9.19. The number of imide groups is 1. The minimum atomic E-state index is -1.17. The largest absolute Gasteiger partial charge is 0.481 e. The van der Waals surface area contributed by atoms with Gasteiger partial charge in [0.25, 0.3) is 0 Å². The maximum absolute atomic E-state index is 13.7. The number of allylic oxidation sites excluding steroid dienone is 2. The molecule has 2 heterocycles. The van der Waals surface area contributed by atoms with Crippen LogP contribution < -0.4 is 0 Å². The third kappa shape index (κ3) is 7.68. The van der Waals surface area contributed by atoms with E-state index in [0.717, 1.165) is 30.6 Å².